The highest BCUT2D eigenvalue weighted by atomic mass is 16.6. The Balaban J connectivity index is 1.52. The number of rotatable bonds is 6. The Bertz CT molecular complexity index is 1100. The van der Waals surface area contributed by atoms with E-state index in [2.05, 4.69) is 4.98 Å². The van der Waals surface area contributed by atoms with E-state index >= 15 is 0 Å². The number of esters is 1. The quantitative estimate of drug-likeness (QED) is 0.474. The topological polar surface area (TPSA) is 69.9 Å². The average Bonchev–Trinajstić information content (AvgIpc) is 3.45. The summed E-state index contributed by atoms with van der Waals surface area (Å²) in [7, 11) is 0. The van der Waals surface area contributed by atoms with E-state index in [1.807, 2.05) is 49.5 Å². The molecule has 0 N–H and O–H groups in total. The largest absolute Gasteiger partial charge is 0.478 e. The van der Waals surface area contributed by atoms with Crippen LogP contribution in [-0.2, 0) is 22.4 Å². The molecule has 0 spiro atoms. The van der Waals surface area contributed by atoms with Crippen LogP contribution in [0, 0.1) is 5.92 Å². The molecular formula is C23H22N2O4. The van der Waals surface area contributed by atoms with E-state index in [4.69, 9.17) is 9.47 Å². The van der Waals surface area contributed by atoms with Crippen LogP contribution in [-0.4, -0.2) is 27.7 Å². The Labute approximate surface area is 168 Å². The standard InChI is InChI=1S/C23H22N2O4/c1-2-17-18(13-26)25-11-5-8-19(22(25)24-17)28-21-16-7-4-3-6-15(16)12-20(21)29-23(27)14-9-10-14/h3-8,11,13-14,20-21H,2,9-10,12H2,1H3. The lowest BCUT2D eigenvalue weighted by Gasteiger charge is -2.22. The number of pyridine rings is 1. The van der Waals surface area contributed by atoms with E-state index in [0.29, 0.717) is 29.9 Å². The van der Waals surface area contributed by atoms with Crippen molar-refractivity contribution in [1.29, 1.82) is 0 Å². The molecule has 2 aliphatic rings. The second kappa shape index (κ2) is 7.03. The lowest BCUT2D eigenvalue weighted by atomic mass is 10.1. The van der Waals surface area contributed by atoms with Crippen LogP contribution >= 0.6 is 0 Å². The first-order valence-electron chi connectivity index (χ1n) is 10.1. The van der Waals surface area contributed by atoms with Gasteiger partial charge in [-0.15, -0.1) is 0 Å². The SMILES string of the molecule is CCc1nc2c(OC3c4ccccc4CC3OC(=O)C3CC3)cccn2c1C=O. The number of carbonyl (C=O) groups excluding carboxylic acids is 2. The average molecular weight is 390 g/mol. The van der Waals surface area contributed by atoms with Gasteiger partial charge in [-0.05, 0) is 42.5 Å². The number of imidazole rings is 1. The van der Waals surface area contributed by atoms with Gasteiger partial charge < -0.3 is 9.47 Å². The number of aldehydes is 1. The van der Waals surface area contributed by atoms with E-state index < -0.39 is 6.10 Å². The van der Waals surface area contributed by atoms with E-state index in [0.717, 1.165) is 35.9 Å². The van der Waals surface area contributed by atoms with Crippen molar-refractivity contribution in [2.75, 3.05) is 0 Å². The van der Waals surface area contributed by atoms with Crippen LogP contribution in [0.4, 0.5) is 0 Å². The third-order valence-corrected chi connectivity index (χ3v) is 5.73. The zero-order chi connectivity index (χ0) is 20.0. The molecule has 2 aliphatic carbocycles. The van der Waals surface area contributed by atoms with Gasteiger partial charge in [0.2, 0.25) is 0 Å². The van der Waals surface area contributed by atoms with Crippen LogP contribution in [0.15, 0.2) is 42.6 Å². The maximum atomic E-state index is 12.3. The van der Waals surface area contributed by atoms with E-state index in [9.17, 15) is 9.59 Å². The first-order chi connectivity index (χ1) is 14.2. The Morgan fingerprint density at radius 3 is 2.83 bits per heavy atom. The van der Waals surface area contributed by atoms with Gasteiger partial charge in [-0.1, -0.05) is 31.2 Å². The summed E-state index contributed by atoms with van der Waals surface area (Å²) in [5.41, 5.74) is 4.03. The number of aromatic nitrogens is 2. The Morgan fingerprint density at radius 2 is 2.07 bits per heavy atom. The first kappa shape index (κ1) is 17.9. The highest BCUT2D eigenvalue weighted by molar-refractivity contribution is 5.78. The number of hydrogen-bond acceptors (Lipinski definition) is 5. The van der Waals surface area contributed by atoms with Gasteiger partial charge in [0.15, 0.2) is 23.8 Å². The minimum atomic E-state index is -0.401. The Kier molecular flexibility index (Phi) is 4.34. The first-order valence-corrected chi connectivity index (χ1v) is 10.1. The number of aryl methyl sites for hydroxylation is 1. The number of carbonyl (C=O) groups is 2. The summed E-state index contributed by atoms with van der Waals surface area (Å²) >= 11 is 0. The van der Waals surface area contributed by atoms with Crippen LogP contribution < -0.4 is 4.74 Å². The summed E-state index contributed by atoms with van der Waals surface area (Å²) in [6, 6.07) is 11.7. The third kappa shape index (κ3) is 3.09. The normalized spacial score (nSPS) is 20.4. The maximum absolute atomic E-state index is 12.3. The molecule has 0 aliphatic heterocycles. The van der Waals surface area contributed by atoms with Crippen molar-refractivity contribution in [3.05, 3.63) is 65.1 Å². The highest BCUT2D eigenvalue weighted by Crippen LogP contribution is 2.40. The van der Waals surface area contributed by atoms with E-state index in [-0.39, 0.29) is 18.0 Å². The molecule has 2 heterocycles. The number of fused-ring (bicyclic) bond motifs is 2. The fourth-order valence-corrected chi connectivity index (χ4v) is 4.05. The van der Waals surface area contributed by atoms with Crippen molar-refractivity contribution in [3.8, 4) is 5.75 Å². The van der Waals surface area contributed by atoms with Gasteiger partial charge in [-0.3, -0.25) is 14.0 Å². The van der Waals surface area contributed by atoms with Crippen molar-refractivity contribution >= 4 is 17.9 Å². The minimum Gasteiger partial charge on any atom is -0.478 e. The summed E-state index contributed by atoms with van der Waals surface area (Å²) in [4.78, 5) is 28.5. The molecule has 2 unspecified atom stereocenters. The molecule has 1 saturated carbocycles. The van der Waals surface area contributed by atoms with Gasteiger partial charge in [-0.2, -0.15) is 0 Å². The molecule has 2 atom stereocenters. The molecule has 3 aromatic rings. The predicted molar refractivity (Wildman–Crippen MR) is 106 cm³/mol. The summed E-state index contributed by atoms with van der Waals surface area (Å²) in [6.07, 6.45) is 4.98. The molecule has 1 aromatic carbocycles. The summed E-state index contributed by atoms with van der Waals surface area (Å²) < 4.78 is 14.0. The lowest BCUT2D eigenvalue weighted by Crippen LogP contribution is -2.27. The van der Waals surface area contributed by atoms with Crippen LogP contribution in [0.1, 0.15) is 53.2 Å². The zero-order valence-electron chi connectivity index (χ0n) is 16.2. The second-order valence-electron chi connectivity index (χ2n) is 7.67. The molecule has 0 saturated heterocycles. The molecule has 6 nitrogen and oxygen atoms in total. The second-order valence-corrected chi connectivity index (χ2v) is 7.67. The molecule has 29 heavy (non-hydrogen) atoms. The molecule has 0 amide bonds. The zero-order valence-corrected chi connectivity index (χ0v) is 16.2. The van der Waals surface area contributed by atoms with Crippen molar-refractivity contribution in [2.24, 2.45) is 5.92 Å². The number of ether oxygens (including phenoxy) is 2. The van der Waals surface area contributed by atoms with Gasteiger partial charge in [0.1, 0.15) is 11.8 Å². The van der Waals surface area contributed by atoms with E-state index in [1.54, 1.807) is 4.40 Å². The molecule has 148 valence electrons. The summed E-state index contributed by atoms with van der Waals surface area (Å²) in [5.74, 6) is 0.480. The minimum absolute atomic E-state index is 0.0392. The summed E-state index contributed by atoms with van der Waals surface area (Å²) in [5, 5.41) is 0. The number of nitrogens with zero attached hydrogens (tertiary/aromatic N) is 2. The van der Waals surface area contributed by atoms with Gasteiger partial charge in [0.05, 0.1) is 11.6 Å². The molecule has 5 rings (SSSR count). The van der Waals surface area contributed by atoms with Crippen molar-refractivity contribution < 1.29 is 19.1 Å². The number of benzene rings is 1. The van der Waals surface area contributed by atoms with Gasteiger partial charge >= 0.3 is 5.97 Å². The predicted octanol–water partition coefficient (Wildman–Crippen LogP) is 3.71. The molecule has 0 bridgehead atoms. The smallest absolute Gasteiger partial charge is 0.309 e. The maximum Gasteiger partial charge on any atom is 0.309 e. The van der Waals surface area contributed by atoms with Crippen molar-refractivity contribution in [3.63, 3.8) is 0 Å². The van der Waals surface area contributed by atoms with Crippen molar-refractivity contribution in [2.45, 2.75) is 44.8 Å². The van der Waals surface area contributed by atoms with E-state index in [1.165, 1.54) is 0 Å². The third-order valence-electron chi connectivity index (χ3n) is 5.73. The molecule has 1 fully saturated rings. The highest BCUT2D eigenvalue weighted by Gasteiger charge is 2.40. The van der Waals surface area contributed by atoms with Crippen LogP contribution in [0.2, 0.25) is 0 Å². The van der Waals surface area contributed by atoms with Gasteiger partial charge in [-0.25, -0.2) is 4.98 Å². The monoisotopic (exact) mass is 390 g/mol. The molecule has 0 radical (unpaired) electrons. The van der Waals surface area contributed by atoms with Gasteiger partial charge in [0.25, 0.3) is 0 Å². The van der Waals surface area contributed by atoms with Crippen LogP contribution in [0.3, 0.4) is 0 Å². The Hall–Kier alpha value is -3.15. The van der Waals surface area contributed by atoms with Crippen LogP contribution in [0.25, 0.3) is 5.65 Å². The number of hydrogen-bond donors (Lipinski definition) is 0. The lowest BCUT2D eigenvalue weighted by molar-refractivity contribution is -0.154. The summed E-state index contributed by atoms with van der Waals surface area (Å²) in [6.45, 7) is 1.97. The van der Waals surface area contributed by atoms with Gasteiger partial charge in [0, 0.05) is 12.6 Å². The fourth-order valence-electron chi connectivity index (χ4n) is 4.05. The fraction of sp³-hybridized carbons (Fsp3) is 0.348. The van der Waals surface area contributed by atoms with Crippen molar-refractivity contribution in [1.82, 2.24) is 9.38 Å². The molecule has 6 heteroatoms. The Morgan fingerprint density at radius 1 is 1.24 bits per heavy atom. The van der Waals surface area contributed by atoms with Crippen LogP contribution in [0.5, 0.6) is 5.75 Å². The molecule has 2 aromatic heterocycles. The molecular weight excluding hydrogens is 368 g/mol.